The molecule has 0 spiro atoms. The highest BCUT2D eigenvalue weighted by molar-refractivity contribution is 6.18. The molecule has 0 radical (unpaired) electrons. The number of rotatable bonds is 7. The molecule has 2 heteroatoms. The van der Waals surface area contributed by atoms with E-state index < -0.39 is 0 Å². The molecule has 0 fully saturated rings. The number of benzene rings is 10. The van der Waals surface area contributed by atoms with Gasteiger partial charge in [-0.25, -0.2) is 0 Å². The lowest BCUT2D eigenvalue weighted by Gasteiger charge is -2.28. The molecule has 2 nitrogen and oxygen atoms in total. The molecule has 0 bridgehead atoms. The summed E-state index contributed by atoms with van der Waals surface area (Å²) in [5.74, 6) is 0. The topological polar surface area (TPSA) is 16.4 Å². The van der Waals surface area contributed by atoms with Crippen LogP contribution in [0.4, 0.5) is 17.1 Å². The number of anilines is 3. The zero-order valence-corrected chi connectivity index (χ0v) is 31.7. The van der Waals surface area contributed by atoms with Crippen molar-refractivity contribution >= 4 is 60.5 Å². The maximum atomic E-state index is 6.89. The summed E-state index contributed by atoms with van der Waals surface area (Å²) in [5.41, 5.74) is 14.2. The van der Waals surface area contributed by atoms with Gasteiger partial charge in [0.25, 0.3) is 0 Å². The molecule has 0 saturated heterocycles. The van der Waals surface area contributed by atoms with Crippen molar-refractivity contribution in [3.8, 4) is 44.5 Å². The zero-order valence-electron chi connectivity index (χ0n) is 31.7. The van der Waals surface area contributed by atoms with Crippen LogP contribution in [0.15, 0.2) is 229 Å². The minimum Gasteiger partial charge on any atom is -0.455 e. The second kappa shape index (κ2) is 14.1. The van der Waals surface area contributed by atoms with Crippen LogP contribution < -0.4 is 4.90 Å². The fourth-order valence-corrected chi connectivity index (χ4v) is 8.65. The van der Waals surface area contributed by atoms with Gasteiger partial charge in [-0.05, 0) is 103 Å². The number of para-hydroxylation sites is 1. The Morgan fingerprint density at radius 3 is 1.55 bits per heavy atom. The number of hydrogen-bond donors (Lipinski definition) is 0. The molecule has 11 aromatic rings. The predicted molar refractivity (Wildman–Crippen MR) is 245 cm³/mol. The quantitative estimate of drug-likeness (QED) is 0.151. The van der Waals surface area contributed by atoms with Crippen LogP contribution in [0.1, 0.15) is 0 Å². The van der Waals surface area contributed by atoms with Gasteiger partial charge in [-0.15, -0.1) is 0 Å². The van der Waals surface area contributed by atoms with Crippen molar-refractivity contribution < 1.29 is 4.42 Å². The molecular formula is C56H37NO. The molecule has 0 amide bonds. The van der Waals surface area contributed by atoms with Crippen LogP contribution in [0, 0.1) is 0 Å². The van der Waals surface area contributed by atoms with Crippen LogP contribution in [-0.2, 0) is 0 Å². The molecule has 1 aromatic heterocycles. The largest absolute Gasteiger partial charge is 0.455 e. The summed E-state index contributed by atoms with van der Waals surface area (Å²) in [7, 11) is 0. The van der Waals surface area contributed by atoms with Gasteiger partial charge in [0.05, 0.1) is 11.1 Å². The number of hydrogen-bond acceptors (Lipinski definition) is 2. The molecule has 11 rings (SSSR count). The lowest BCUT2D eigenvalue weighted by molar-refractivity contribution is 0.670. The van der Waals surface area contributed by atoms with Crippen molar-refractivity contribution in [3.05, 3.63) is 224 Å². The third-order valence-corrected chi connectivity index (χ3v) is 11.5. The van der Waals surface area contributed by atoms with Gasteiger partial charge in [-0.1, -0.05) is 182 Å². The van der Waals surface area contributed by atoms with E-state index >= 15 is 0 Å². The first-order chi connectivity index (χ1) is 28.8. The van der Waals surface area contributed by atoms with E-state index in [1.165, 1.54) is 54.9 Å². The normalized spacial score (nSPS) is 11.4. The minimum atomic E-state index is 0.862. The first-order valence-electron chi connectivity index (χ1n) is 19.8. The zero-order chi connectivity index (χ0) is 38.4. The van der Waals surface area contributed by atoms with Crippen molar-refractivity contribution in [1.82, 2.24) is 0 Å². The van der Waals surface area contributed by atoms with Gasteiger partial charge in [-0.3, -0.25) is 0 Å². The lowest BCUT2D eigenvalue weighted by atomic mass is 9.93. The summed E-state index contributed by atoms with van der Waals surface area (Å²) in [5, 5.41) is 7.04. The summed E-state index contributed by atoms with van der Waals surface area (Å²) >= 11 is 0. The second-order valence-corrected chi connectivity index (χ2v) is 14.9. The average Bonchev–Trinajstić information content (AvgIpc) is 3.70. The molecule has 10 aromatic carbocycles. The molecule has 0 atom stereocenters. The van der Waals surface area contributed by atoms with Crippen LogP contribution in [0.25, 0.3) is 88.0 Å². The van der Waals surface area contributed by atoms with Crippen LogP contribution in [-0.4, -0.2) is 0 Å². The fraction of sp³-hybridized carbons (Fsp3) is 0. The first-order valence-corrected chi connectivity index (χ1v) is 19.8. The highest BCUT2D eigenvalue weighted by Gasteiger charge is 2.24. The Morgan fingerprint density at radius 2 is 0.810 bits per heavy atom. The Kier molecular flexibility index (Phi) is 8.19. The van der Waals surface area contributed by atoms with E-state index in [-0.39, 0.29) is 0 Å². The van der Waals surface area contributed by atoms with Crippen molar-refractivity contribution in [1.29, 1.82) is 0 Å². The van der Waals surface area contributed by atoms with Gasteiger partial charge < -0.3 is 9.32 Å². The van der Waals surface area contributed by atoms with E-state index in [0.717, 1.165) is 50.1 Å². The van der Waals surface area contributed by atoms with Crippen molar-refractivity contribution in [2.75, 3.05) is 4.90 Å². The third kappa shape index (κ3) is 5.82. The standard InChI is InChI=1S/C56H37NO/c1-4-14-38(15-5-1)39-24-26-43(27-25-39)49-34-35-53(55-50-22-12-13-23-54(50)58-56(49)55)57(45-31-30-44-29-28-42-20-10-11-21-47(42)52(44)36-45)46-32-33-48(40-16-6-2-7-17-40)51(37-46)41-18-8-3-9-19-41/h1-37H. The smallest absolute Gasteiger partial charge is 0.145 e. The second-order valence-electron chi connectivity index (χ2n) is 14.9. The molecule has 1 heterocycles. The molecule has 0 saturated carbocycles. The number of furan rings is 1. The Bertz CT molecular complexity index is 3260. The Hall–Kier alpha value is -7.68. The summed E-state index contributed by atoms with van der Waals surface area (Å²) in [6.45, 7) is 0. The monoisotopic (exact) mass is 739 g/mol. The Morgan fingerprint density at radius 1 is 0.310 bits per heavy atom. The summed E-state index contributed by atoms with van der Waals surface area (Å²) < 4.78 is 6.89. The molecular weight excluding hydrogens is 703 g/mol. The number of fused-ring (bicyclic) bond motifs is 6. The van der Waals surface area contributed by atoms with Crippen molar-refractivity contribution in [2.24, 2.45) is 0 Å². The maximum absolute atomic E-state index is 6.89. The van der Waals surface area contributed by atoms with Crippen LogP contribution in [0.2, 0.25) is 0 Å². The van der Waals surface area contributed by atoms with E-state index in [9.17, 15) is 0 Å². The van der Waals surface area contributed by atoms with Gasteiger partial charge in [0.15, 0.2) is 0 Å². The van der Waals surface area contributed by atoms with E-state index in [1.807, 2.05) is 0 Å². The minimum absolute atomic E-state index is 0.862. The van der Waals surface area contributed by atoms with E-state index in [1.54, 1.807) is 0 Å². The van der Waals surface area contributed by atoms with E-state index in [4.69, 9.17) is 4.42 Å². The van der Waals surface area contributed by atoms with Gasteiger partial charge in [0, 0.05) is 22.3 Å². The van der Waals surface area contributed by atoms with Gasteiger partial charge >= 0.3 is 0 Å². The molecule has 0 unspecified atom stereocenters. The molecule has 0 N–H and O–H groups in total. The Balaban J connectivity index is 1.18. The third-order valence-electron chi connectivity index (χ3n) is 11.5. The van der Waals surface area contributed by atoms with Crippen molar-refractivity contribution in [2.45, 2.75) is 0 Å². The van der Waals surface area contributed by atoms with Gasteiger partial charge in [-0.2, -0.15) is 0 Å². The SMILES string of the molecule is c1ccc(-c2ccc(-c3ccc(N(c4ccc(-c5ccccc5)c(-c5ccccc5)c4)c4ccc5ccc6ccccc6c5c4)c4c3oc3ccccc34)cc2)cc1. The maximum Gasteiger partial charge on any atom is 0.145 e. The predicted octanol–water partition coefficient (Wildman–Crippen LogP) is 16.0. The molecule has 0 aliphatic rings. The lowest BCUT2D eigenvalue weighted by Crippen LogP contribution is -2.11. The molecule has 58 heavy (non-hydrogen) atoms. The summed E-state index contributed by atoms with van der Waals surface area (Å²) in [6, 6.07) is 80.6. The molecule has 0 aliphatic carbocycles. The highest BCUT2D eigenvalue weighted by atomic mass is 16.3. The average molecular weight is 740 g/mol. The summed E-state index contributed by atoms with van der Waals surface area (Å²) in [4.78, 5) is 2.43. The first kappa shape index (κ1) is 33.6. The van der Waals surface area contributed by atoms with Gasteiger partial charge in [0.1, 0.15) is 11.2 Å². The van der Waals surface area contributed by atoms with Crippen LogP contribution in [0.3, 0.4) is 0 Å². The number of nitrogens with zero attached hydrogens (tertiary/aromatic N) is 1. The van der Waals surface area contributed by atoms with Crippen molar-refractivity contribution in [3.63, 3.8) is 0 Å². The van der Waals surface area contributed by atoms with E-state index in [2.05, 4.69) is 229 Å². The molecule has 0 aliphatic heterocycles. The summed E-state index contributed by atoms with van der Waals surface area (Å²) in [6.07, 6.45) is 0. The fourth-order valence-electron chi connectivity index (χ4n) is 8.65. The van der Waals surface area contributed by atoms with E-state index in [0.29, 0.717) is 0 Å². The van der Waals surface area contributed by atoms with Crippen LogP contribution >= 0.6 is 0 Å². The van der Waals surface area contributed by atoms with Crippen LogP contribution in [0.5, 0.6) is 0 Å². The highest BCUT2D eigenvalue weighted by Crippen LogP contribution is 2.48. The van der Waals surface area contributed by atoms with Gasteiger partial charge in [0.2, 0.25) is 0 Å². The Labute approximate surface area is 337 Å². The molecule has 272 valence electrons.